The molecule has 0 fully saturated rings. The molecule has 0 saturated carbocycles. The van der Waals surface area contributed by atoms with Gasteiger partial charge in [-0.15, -0.1) is 0 Å². The summed E-state index contributed by atoms with van der Waals surface area (Å²) in [7, 11) is -3.67. The van der Waals surface area contributed by atoms with E-state index >= 15 is 0 Å². The molecule has 1 aromatic heterocycles. The van der Waals surface area contributed by atoms with Crippen LogP contribution in [0.4, 0.5) is 0 Å². The van der Waals surface area contributed by atoms with E-state index in [1.807, 2.05) is 6.92 Å². The molecule has 2 heterocycles. The predicted molar refractivity (Wildman–Crippen MR) is 104 cm³/mol. The predicted octanol–water partition coefficient (Wildman–Crippen LogP) is 1.47. The number of aromatic nitrogens is 1. The Morgan fingerprint density at radius 1 is 1.36 bits per heavy atom. The highest BCUT2D eigenvalue weighted by atomic mass is 32.2. The number of rotatable bonds is 7. The highest BCUT2D eigenvalue weighted by Gasteiger charge is 2.26. The van der Waals surface area contributed by atoms with E-state index in [1.165, 1.54) is 0 Å². The van der Waals surface area contributed by atoms with Gasteiger partial charge in [-0.3, -0.25) is 4.79 Å². The number of carbonyl (C=O) groups is 1. The normalized spacial score (nSPS) is 15.3. The van der Waals surface area contributed by atoms with Crippen LogP contribution in [0.2, 0.25) is 0 Å². The second-order valence-corrected chi connectivity index (χ2v) is 8.86. The average molecular weight is 407 g/mol. The molecule has 28 heavy (non-hydrogen) atoms. The fourth-order valence-corrected chi connectivity index (χ4v) is 4.36. The van der Waals surface area contributed by atoms with Crippen molar-refractivity contribution in [2.75, 3.05) is 6.54 Å². The smallest absolute Gasteiger partial charge is 0.240 e. The highest BCUT2D eigenvalue weighted by Crippen LogP contribution is 2.23. The summed E-state index contributed by atoms with van der Waals surface area (Å²) in [6.07, 6.45) is 2.13. The lowest BCUT2D eigenvalue weighted by molar-refractivity contribution is -0.133. The summed E-state index contributed by atoms with van der Waals surface area (Å²) in [5.41, 5.74) is 8.37. The molecule has 0 unspecified atom stereocenters. The Bertz CT molecular complexity index is 955. The van der Waals surface area contributed by atoms with Crippen molar-refractivity contribution in [1.29, 1.82) is 0 Å². The molecule has 1 aliphatic rings. The van der Waals surface area contributed by atoms with Gasteiger partial charge in [-0.05, 0) is 43.0 Å². The summed E-state index contributed by atoms with van der Waals surface area (Å²) < 4.78 is 32.6. The van der Waals surface area contributed by atoms with E-state index in [0.717, 1.165) is 17.5 Å². The van der Waals surface area contributed by atoms with E-state index in [1.54, 1.807) is 36.1 Å². The third-order valence-corrected chi connectivity index (χ3v) is 6.25. The van der Waals surface area contributed by atoms with Crippen molar-refractivity contribution in [3.8, 4) is 0 Å². The van der Waals surface area contributed by atoms with Crippen LogP contribution in [0, 0.1) is 6.92 Å². The van der Waals surface area contributed by atoms with Crippen LogP contribution in [0.1, 0.15) is 42.3 Å². The molecule has 1 aliphatic heterocycles. The van der Waals surface area contributed by atoms with Crippen LogP contribution < -0.4 is 10.5 Å². The Balaban J connectivity index is 1.69. The number of benzene rings is 1. The number of amides is 1. The molecule has 1 amide bonds. The van der Waals surface area contributed by atoms with E-state index < -0.39 is 16.1 Å². The molecule has 1 aromatic carbocycles. The standard InChI is InChI=1S/C19H26N4O4S/c1-3-4-18(20)19(24)23-8-7-14-10-17(6-5-15(14)12-23)28(25,26)21-11-16-9-13(2)27-22-16/h5-6,9-10,18,21H,3-4,7-8,11-12,20H2,1-2H3/t18-/m0/s1. The van der Waals surface area contributed by atoms with Crippen LogP contribution in [0.15, 0.2) is 33.7 Å². The Labute approximate surface area is 165 Å². The molecule has 1 atom stereocenters. The van der Waals surface area contributed by atoms with Crippen LogP contribution >= 0.6 is 0 Å². The number of aryl methyl sites for hydroxylation is 1. The zero-order valence-corrected chi connectivity index (χ0v) is 17.0. The molecule has 8 nitrogen and oxygen atoms in total. The molecule has 0 aliphatic carbocycles. The van der Waals surface area contributed by atoms with Gasteiger partial charge in [-0.25, -0.2) is 13.1 Å². The fourth-order valence-electron chi connectivity index (χ4n) is 3.31. The number of nitrogens with two attached hydrogens (primary N) is 1. The lowest BCUT2D eigenvalue weighted by Gasteiger charge is -2.31. The maximum absolute atomic E-state index is 12.6. The first-order valence-electron chi connectivity index (χ1n) is 9.38. The molecule has 3 rings (SSSR count). The summed E-state index contributed by atoms with van der Waals surface area (Å²) in [5.74, 6) is 0.578. The van der Waals surface area contributed by atoms with E-state index in [0.29, 0.717) is 37.4 Å². The number of hydrogen-bond donors (Lipinski definition) is 2. The first-order chi connectivity index (χ1) is 13.3. The monoisotopic (exact) mass is 406 g/mol. The zero-order valence-electron chi connectivity index (χ0n) is 16.1. The van der Waals surface area contributed by atoms with Gasteiger partial charge in [0.05, 0.1) is 23.2 Å². The van der Waals surface area contributed by atoms with Crippen LogP contribution in [0.25, 0.3) is 0 Å². The Morgan fingerprint density at radius 2 is 2.14 bits per heavy atom. The summed E-state index contributed by atoms with van der Waals surface area (Å²) in [5, 5.41) is 3.79. The molecule has 0 saturated heterocycles. The Morgan fingerprint density at radius 3 is 2.82 bits per heavy atom. The molecular formula is C19H26N4O4S. The Kier molecular flexibility index (Phi) is 6.17. The molecule has 9 heteroatoms. The third kappa shape index (κ3) is 4.60. The largest absolute Gasteiger partial charge is 0.361 e. The zero-order chi connectivity index (χ0) is 20.3. The van der Waals surface area contributed by atoms with Crippen molar-refractivity contribution in [3.05, 3.63) is 46.8 Å². The highest BCUT2D eigenvalue weighted by molar-refractivity contribution is 7.89. The topological polar surface area (TPSA) is 119 Å². The van der Waals surface area contributed by atoms with Crippen molar-refractivity contribution in [2.24, 2.45) is 5.73 Å². The van der Waals surface area contributed by atoms with Crippen LogP contribution in [-0.4, -0.2) is 37.0 Å². The van der Waals surface area contributed by atoms with Crippen molar-refractivity contribution < 1.29 is 17.7 Å². The molecule has 152 valence electrons. The van der Waals surface area contributed by atoms with Gasteiger partial charge in [0.25, 0.3) is 0 Å². The maximum Gasteiger partial charge on any atom is 0.240 e. The van der Waals surface area contributed by atoms with Gasteiger partial charge in [0, 0.05) is 19.2 Å². The Hall–Kier alpha value is -2.23. The van der Waals surface area contributed by atoms with Crippen molar-refractivity contribution >= 4 is 15.9 Å². The van der Waals surface area contributed by atoms with Crippen molar-refractivity contribution in [1.82, 2.24) is 14.8 Å². The second kappa shape index (κ2) is 8.42. The molecule has 0 bridgehead atoms. The molecule has 0 spiro atoms. The van der Waals surface area contributed by atoms with E-state index in [-0.39, 0.29) is 17.3 Å². The molecule has 2 aromatic rings. The minimum absolute atomic E-state index is 0.0474. The van der Waals surface area contributed by atoms with Gasteiger partial charge in [-0.1, -0.05) is 24.6 Å². The number of carbonyl (C=O) groups excluding carboxylic acids is 1. The summed E-state index contributed by atoms with van der Waals surface area (Å²) in [6.45, 7) is 4.81. The van der Waals surface area contributed by atoms with Gasteiger partial charge >= 0.3 is 0 Å². The molecule has 3 N–H and O–H groups in total. The van der Waals surface area contributed by atoms with Crippen molar-refractivity contribution in [2.45, 2.75) is 57.1 Å². The number of fused-ring (bicyclic) bond motifs is 1. The lowest BCUT2D eigenvalue weighted by Crippen LogP contribution is -2.45. The molecule has 0 radical (unpaired) electrons. The van der Waals surface area contributed by atoms with Crippen molar-refractivity contribution in [3.63, 3.8) is 0 Å². The van der Waals surface area contributed by atoms with Gasteiger partial charge in [0.1, 0.15) is 5.76 Å². The van der Waals surface area contributed by atoms with Gasteiger partial charge in [0.15, 0.2) is 0 Å². The summed E-state index contributed by atoms with van der Waals surface area (Å²) in [4.78, 5) is 14.4. The van der Waals surface area contributed by atoms with E-state index in [2.05, 4.69) is 9.88 Å². The number of sulfonamides is 1. The van der Waals surface area contributed by atoms with Gasteiger partial charge < -0.3 is 15.2 Å². The minimum atomic E-state index is -3.67. The van der Waals surface area contributed by atoms with E-state index in [4.69, 9.17) is 10.3 Å². The summed E-state index contributed by atoms with van der Waals surface area (Å²) in [6, 6.07) is 6.23. The van der Waals surface area contributed by atoms with Crippen LogP contribution in [0.3, 0.4) is 0 Å². The number of nitrogens with zero attached hydrogens (tertiary/aromatic N) is 2. The third-order valence-electron chi connectivity index (χ3n) is 4.85. The van der Waals surface area contributed by atoms with Crippen LogP contribution in [-0.2, 0) is 34.3 Å². The minimum Gasteiger partial charge on any atom is -0.361 e. The SMILES string of the molecule is CCC[C@H](N)C(=O)N1CCc2cc(S(=O)(=O)NCc3cc(C)on3)ccc2C1. The second-order valence-electron chi connectivity index (χ2n) is 7.09. The summed E-state index contributed by atoms with van der Waals surface area (Å²) >= 11 is 0. The van der Waals surface area contributed by atoms with Gasteiger partial charge in [-0.2, -0.15) is 0 Å². The number of hydrogen-bond acceptors (Lipinski definition) is 6. The first kappa shape index (κ1) is 20.5. The quantitative estimate of drug-likeness (QED) is 0.719. The maximum atomic E-state index is 12.6. The fraction of sp³-hybridized carbons (Fsp3) is 0.474. The van der Waals surface area contributed by atoms with Crippen LogP contribution in [0.5, 0.6) is 0 Å². The molecular weight excluding hydrogens is 380 g/mol. The van der Waals surface area contributed by atoms with E-state index in [9.17, 15) is 13.2 Å². The van der Waals surface area contributed by atoms with Gasteiger partial charge in [0.2, 0.25) is 15.9 Å². The average Bonchev–Trinajstić information content (AvgIpc) is 3.10. The number of nitrogens with one attached hydrogen (secondary N) is 1. The lowest BCUT2D eigenvalue weighted by atomic mass is 9.99. The first-order valence-corrected chi connectivity index (χ1v) is 10.9.